The molecule has 1 aromatic carbocycles. The van der Waals surface area contributed by atoms with Gasteiger partial charge in [0, 0.05) is 6.04 Å². The zero-order chi connectivity index (χ0) is 11.9. The Labute approximate surface area is 104 Å². The molecule has 0 spiro atoms. The monoisotopic (exact) mass is 234 g/mol. The van der Waals surface area contributed by atoms with E-state index < -0.39 is 0 Å². The molecule has 0 saturated carbocycles. The van der Waals surface area contributed by atoms with Gasteiger partial charge in [0.25, 0.3) is 0 Å². The van der Waals surface area contributed by atoms with Crippen molar-refractivity contribution in [2.45, 2.75) is 25.3 Å². The highest BCUT2D eigenvalue weighted by Gasteiger charge is 2.11. The van der Waals surface area contributed by atoms with Crippen molar-refractivity contribution in [1.29, 1.82) is 0 Å². The molecule has 0 radical (unpaired) electrons. The summed E-state index contributed by atoms with van der Waals surface area (Å²) < 4.78 is 5.35. The lowest BCUT2D eigenvalue weighted by molar-refractivity contribution is 0.385. The molecular formula is C14H22N2O. The second-order valence-electron chi connectivity index (χ2n) is 4.54. The van der Waals surface area contributed by atoms with Crippen LogP contribution in [-0.4, -0.2) is 32.8 Å². The second kappa shape index (κ2) is 6.62. The fraction of sp³-hybridized carbons (Fsp3) is 0.571. The zero-order valence-corrected chi connectivity index (χ0v) is 10.5. The standard InChI is InChI=1S/C14H22N2O/c1-17-14-5-3-2-4-12(14)6-11-16-13-7-9-15-10-8-13/h2-5,13,15-16H,6-11H2,1H3. The van der Waals surface area contributed by atoms with Gasteiger partial charge in [-0.25, -0.2) is 0 Å². The smallest absolute Gasteiger partial charge is 0.122 e. The minimum atomic E-state index is 0.686. The predicted octanol–water partition coefficient (Wildman–Crippen LogP) is 1.58. The molecule has 94 valence electrons. The molecule has 1 saturated heterocycles. The molecule has 0 bridgehead atoms. The number of rotatable bonds is 5. The minimum absolute atomic E-state index is 0.686. The first-order valence-corrected chi connectivity index (χ1v) is 6.46. The topological polar surface area (TPSA) is 33.3 Å². The molecule has 3 heteroatoms. The summed E-state index contributed by atoms with van der Waals surface area (Å²) in [5.41, 5.74) is 1.29. The summed E-state index contributed by atoms with van der Waals surface area (Å²) in [6.45, 7) is 3.32. The molecule has 0 atom stereocenters. The fourth-order valence-corrected chi connectivity index (χ4v) is 2.35. The molecule has 2 rings (SSSR count). The number of methoxy groups -OCH3 is 1. The Morgan fingerprint density at radius 1 is 1.29 bits per heavy atom. The van der Waals surface area contributed by atoms with E-state index in [4.69, 9.17) is 4.74 Å². The van der Waals surface area contributed by atoms with Gasteiger partial charge in [-0.3, -0.25) is 0 Å². The Kier molecular flexibility index (Phi) is 4.83. The maximum absolute atomic E-state index is 5.35. The van der Waals surface area contributed by atoms with Gasteiger partial charge in [0.2, 0.25) is 0 Å². The van der Waals surface area contributed by atoms with E-state index in [9.17, 15) is 0 Å². The van der Waals surface area contributed by atoms with Gasteiger partial charge in [-0.1, -0.05) is 18.2 Å². The van der Waals surface area contributed by atoms with E-state index in [1.807, 2.05) is 12.1 Å². The Bertz CT molecular complexity index is 335. The van der Waals surface area contributed by atoms with Crippen LogP contribution in [0.5, 0.6) is 5.75 Å². The number of para-hydroxylation sites is 1. The Morgan fingerprint density at radius 2 is 2.06 bits per heavy atom. The molecule has 3 nitrogen and oxygen atoms in total. The van der Waals surface area contributed by atoms with Crippen LogP contribution in [0.25, 0.3) is 0 Å². The number of ether oxygens (including phenoxy) is 1. The predicted molar refractivity (Wildman–Crippen MR) is 70.6 cm³/mol. The van der Waals surface area contributed by atoms with Gasteiger partial charge in [0.15, 0.2) is 0 Å². The van der Waals surface area contributed by atoms with E-state index in [1.54, 1.807) is 7.11 Å². The molecular weight excluding hydrogens is 212 g/mol. The van der Waals surface area contributed by atoms with Gasteiger partial charge < -0.3 is 15.4 Å². The highest BCUT2D eigenvalue weighted by atomic mass is 16.5. The summed E-state index contributed by atoms with van der Waals surface area (Å²) in [6, 6.07) is 8.94. The van der Waals surface area contributed by atoms with Gasteiger partial charge >= 0.3 is 0 Å². The van der Waals surface area contributed by atoms with Gasteiger partial charge in [-0.15, -0.1) is 0 Å². The summed E-state index contributed by atoms with van der Waals surface area (Å²) in [7, 11) is 1.74. The zero-order valence-electron chi connectivity index (χ0n) is 10.5. The lowest BCUT2D eigenvalue weighted by Crippen LogP contribution is -2.40. The van der Waals surface area contributed by atoms with E-state index in [1.165, 1.54) is 18.4 Å². The van der Waals surface area contributed by atoms with Crippen LogP contribution in [0.15, 0.2) is 24.3 Å². The van der Waals surface area contributed by atoms with Crippen molar-refractivity contribution in [3.63, 3.8) is 0 Å². The normalized spacial score (nSPS) is 17.0. The van der Waals surface area contributed by atoms with Gasteiger partial charge in [0.1, 0.15) is 5.75 Å². The van der Waals surface area contributed by atoms with E-state index in [0.29, 0.717) is 6.04 Å². The number of piperidine rings is 1. The molecule has 1 heterocycles. The highest BCUT2D eigenvalue weighted by molar-refractivity contribution is 5.33. The Balaban J connectivity index is 1.77. The summed E-state index contributed by atoms with van der Waals surface area (Å²) in [5.74, 6) is 1.000. The lowest BCUT2D eigenvalue weighted by Gasteiger charge is -2.23. The third-order valence-corrected chi connectivity index (χ3v) is 3.36. The van der Waals surface area contributed by atoms with Gasteiger partial charge in [-0.05, 0) is 50.5 Å². The molecule has 17 heavy (non-hydrogen) atoms. The second-order valence-corrected chi connectivity index (χ2v) is 4.54. The van der Waals surface area contributed by atoms with Crippen LogP contribution in [-0.2, 0) is 6.42 Å². The van der Waals surface area contributed by atoms with Crippen molar-refractivity contribution in [2.24, 2.45) is 0 Å². The van der Waals surface area contributed by atoms with Crippen molar-refractivity contribution in [2.75, 3.05) is 26.7 Å². The first-order chi connectivity index (χ1) is 8.40. The summed E-state index contributed by atoms with van der Waals surface area (Å²) >= 11 is 0. The SMILES string of the molecule is COc1ccccc1CCNC1CCNCC1. The lowest BCUT2D eigenvalue weighted by atomic mass is 10.1. The number of hydrogen-bond donors (Lipinski definition) is 2. The maximum atomic E-state index is 5.35. The first kappa shape index (κ1) is 12.4. The van der Waals surface area contributed by atoms with Crippen LogP contribution in [0, 0.1) is 0 Å². The summed E-state index contributed by atoms with van der Waals surface area (Å²) in [4.78, 5) is 0. The van der Waals surface area contributed by atoms with Crippen LogP contribution in [0.4, 0.5) is 0 Å². The third kappa shape index (κ3) is 3.72. The number of benzene rings is 1. The van der Waals surface area contributed by atoms with E-state index in [2.05, 4.69) is 22.8 Å². The quantitative estimate of drug-likeness (QED) is 0.811. The van der Waals surface area contributed by atoms with E-state index in [-0.39, 0.29) is 0 Å². The van der Waals surface area contributed by atoms with Crippen molar-refractivity contribution in [3.8, 4) is 5.75 Å². The van der Waals surface area contributed by atoms with Gasteiger partial charge in [0.05, 0.1) is 7.11 Å². The molecule has 0 aliphatic carbocycles. The van der Waals surface area contributed by atoms with Crippen LogP contribution in [0.1, 0.15) is 18.4 Å². The van der Waals surface area contributed by atoms with Crippen LogP contribution < -0.4 is 15.4 Å². The largest absolute Gasteiger partial charge is 0.496 e. The average molecular weight is 234 g/mol. The molecule has 1 aliphatic heterocycles. The van der Waals surface area contributed by atoms with E-state index in [0.717, 1.165) is 31.8 Å². The van der Waals surface area contributed by atoms with Crippen molar-refractivity contribution in [1.82, 2.24) is 10.6 Å². The first-order valence-electron chi connectivity index (χ1n) is 6.46. The molecule has 1 fully saturated rings. The van der Waals surface area contributed by atoms with Crippen LogP contribution in [0.3, 0.4) is 0 Å². The Morgan fingerprint density at radius 3 is 2.82 bits per heavy atom. The van der Waals surface area contributed by atoms with Gasteiger partial charge in [-0.2, -0.15) is 0 Å². The van der Waals surface area contributed by atoms with E-state index >= 15 is 0 Å². The molecule has 0 aromatic heterocycles. The maximum Gasteiger partial charge on any atom is 0.122 e. The highest BCUT2D eigenvalue weighted by Crippen LogP contribution is 2.17. The minimum Gasteiger partial charge on any atom is -0.496 e. The number of hydrogen-bond acceptors (Lipinski definition) is 3. The molecule has 1 aromatic rings. The third-order valence-electron chi connectivity index (χ3n) is 3.36. The van der Waals surface area contributed by atoms with Crippen molar-refractivity contribution in [3.05, 3.63) is 29.8 Å². The number of nitrogens with one attached hydrogen (secondary N) is 2. The molecule has 1 aliphatic rings. The summed E-state index contributed by atoms with van der Waals surface area (Å²) in [5, 5.41) is 7.01. The summed E-state index contributed by atoms with van der Waals surface area (Å²) in [6.07, 6.45) is 3.52. The average Bonchev–Trinajstić information content (AvgIpc) is 2.40. The molecule has 0 amide bonds. The fourth-order valence-electron chi connectivity index (χ4n) is 2.35. The van der Waals surface area contributed by atoms with Crippen molar-refractivity contribution >= 4 is 0 Å². The van der Waals surface area contributed by atoms with Crippen LogP contribution in [0.2, 0.25) is 0 Å². The van der Waals surface area contributed by atoms with Crippen LogP contribution >= 0.6 is 0 Å². The van der Waals surface area contributed by atoms with Crippen molar-refractivity contribution < 1.29 is 4.74 Å². The molecule has 0 unspecified atom stereocenters. The Hall–Kier alpha value is -1.06. The molecule has 2 N–H and O–H groups in total.